The van der Waals surface area contributed by atoms with Gasteiger partial charge in [-0.05, 0) is 36.9 Å². The summed E-state index contributed by atoms with van der Waals surface area (Å²) in [5.74, 6) is 0.849. The zero-order valence-corrected chi connectivity index (χ0v) is 11.7. The third-order valence-corrected chi connectivity index (χ3v) is 4.68. The van der Waals surface area contributed by atoms with Crippen LogP contribution in [0.25, 0.3) is 0 Å². The normalized spacial score (nSPS) is 26.3. The summed E-state index contributed by atoms with van der Waals surface area (Å²) >= 11 is 6.12. The minimum Gasteiger partial charge on any atom is -0.342 e. The lowest BCUT2D eigenvalue weighted by molar-refractivity contribution is -0.132. The van der Waals surface area contributed by atoms with Crippen molar-refractivity contribution in [3.05, 3.63) is 34.9 Å². The molecule has 2 aliphatic rings. The first-order valence-corrected chi connectivity index (χ1v) is 7.36. The predicted octanol–water partition coefficient (Wildman–Crippen LogP) is 2.09. The van der Waals surface area contributed by atoms with Crippen molar-refractivity contribution >= 4 is 17.5 Å². The summed E-state index contributed by atoms with van der Waals surface area (Å²) in [4.78, 5) is 14.4. The van der Waals surface area contributed by atoms with Crippen LogP contribution in [-0.2, 0) is 11.2 Å². The van der Waals surface area contributed by atoms with Crippen LogP contribution in [0.3, 0.4) is 0 Å². The maximum absolute atomic E-state index is 12.4. The number of halogens is 1. The minimum absolute atomic E-state index is 0.207. The van der Waals surface area contributed by atoms with Crippen molar-refractivity contribution < 1.29 is 4.79 Å². The number of piperidine rings is 1. The number of likely N-dealkylation sites (tertiary alicyclic amines) is 1. The van der Waals surface area contributed by atoms with E-state index in [1.54, 1.807) is 0 Å². The molecule has 2 aliphatic heterocycles. The third kappa shape index (κ3) is 2.77. The Kier molecular flexibility index (Phi) is 3.76. The first-order chi connectivity index (χ1) is 9.24. The lowest BCUT2D eigenvalue weighted by atomic mass is 9.93. The van der Waals surface area contributed by atoms with E-state index in [4.69, 9.17) is 11.6 Å². The number of nitrogens with one attached hydrogen (secondary N) is 1. The third-order valence-electron chi connectivity index (χ3n) is 4.31. The van der Waals surface area contributed by atoms with Gasteiger partial charge in [-0.25, -0.2) is 0 Å². The van der Waals surface area contributed by atoms with Crippen molar-refractivity contribution in [3.8, 4) is 0 Å². The molecule has 0 saturated carbocycles. The summed E-state index contributed by atoms with van der Waals surface area (Å²) in [6, 6.07) is 8.24. The standard InChI is InChI=1S/C15H19ClN2O/c16-13-4-2-1-3-11(13)9-15(19)18-8-6-14-12(10-18)5-7-17-14/h1-4,12,14,17H,5-10H2. The Balaban J connectivity index is 1.63. The summed E-state index contributed by atoms with van der Waals surface area (Å²) < 4.78 is 0. The van der Waals surface area contributed by atoms with Crippen molar-refractivity contribution in [2.45, 2.75) is 25.3 Å². The molecule has 1 aromatic carbocycles. The lowest BCUT2D eigenvalue weighted by Gasteiger charge is -2.35. The molecule has 0 aliphatic carbocycles. The van der Waals surface area contributed by atoms with E-state index in [2.05, 4.69) is 5.32 Å². The van der Waals surface area contributed by atoms with E-state index < -0.39 is 0 Å². The van der Waals surface area contributed by atoms with Crippen molar-refractivity contribution in [2.75, 3.05) is 19.6 Å². The van der Waals surface area contributed by atoms with Crippen LogP contribution >= 0.6 is 11.6 Å². The van der Waals surface area contributed by atoms with Crippen LogP contribution in [0.15, 0.2) is 24.3 Å². The Labute approximate surface area is 118 Å². The smallest absolute Gasteiger partial charge is 0.227 e. The Morgan fingerprint density at radius 3 is 3.05 bits per heavy atom. The van der Waals surface area contributed by atoms with Gasteiger partial charge < -0.3 is 10.2 Å². The number of carbonyl (C=O) groups is 1. The molecule has 0 aromatic heterocycles. The van der Waals surface area contributed by atoms with Gasteiger partial charge in [-0.2, -0.15) is 0 Å². The SMILES string of the molecule is O=C(Cc1ccccc1Cl)N1CCC2NCCC2C1. The highest BCUT2D eigenvalue weighted by molar-refractivity contribution is 6.31. The molecule has 1 aromatic rings. The zero-order chi connectivity index (χ0) is 13.2. The highest BCUT2D eigenvalue weighted by atomic mass is 35.5. The molecule has 2 fully saturated rings. The van der Waals surface area contributed by atoms with Crippen LogP contribution in [0.4, 0.5) is 0 Å². The van der Waals surface area contributed by atoms with Gasteiger partial charge in [0.15, 0.2) is 0 Å². The van der Waals surface area contributed by atoms with Gasteiger partial charge in [0, 0.05) is 24.2 Å². The number of fused-ring (bicyclic) bond motifs is 1. The van der Waals surface area contributed by atoms with E-state index in [1.807, 2.05) is 29.2 Å². The molecule has 19 heavy (non-hydrogen) atoms. The lowest BCUT2D eigenvalue weighted by Crippen LogP contribution is -2.47. The van der Waals surface area contributed by atoms with Crippen molar-refractivity contribution in [2.24, 2.45) is 5.92 Å². The monoisotopic (exact) mass is 278 g/mol. The molecule has 4 heteroatoms. The first-order valence-electron chi connectivity index (χ1n) is 6.98. The maximum atomic E-state index is 12.4. The van der Waals surface area contributed by atoms with E-state index in [0.29, 0.717) is 23.4 Å². The number of amides is 1. The highest BCUT2D eigenvalue weighted by Gasteiger charge is 2.34. The molecule has 0 bridgehead atoms. The predicted molar refractivity (Wildman–Crippen MR) is 76.3 cm³/mol. The van der Waals surface area contributed by atoms with Crippen LogP contribution in [0, 0.1) is 5.92 Å². The average molecular weight is 279 g/mol. The van der Waals surface area contributed by atoms with E-state index >= 15 is 0 Å². The van der Waals surface area contributed by atoms with E-state index in [9.17, 15) is 4.79 Å². The topological polar surface area (TPSA) is 32.3 Å². The molecule has 1 N–H and O–H groups in total. The van der Waals surface area contributed by atoms with Gasteiger partial charge in [-0.3, -0.25) is 4.79 Å². The second kappa shape index (κ2) is 5.51. The molecule has 0 radical (unpaired) electrons. The number of hydrogen-bond acceptors (Lipinski definition) is 2. The quantitative estimate of drug-likeness (QED) is 0.898. The molecule has 1 amide bonds. The minimum atomic E-state index is 0.207. The molecule has 0 spiro atoms. The molecule has 3 nitrogen and oxygen atoms in total. The molecule has 2 saturated heterocycles. The van der Waals surface area contributed by atoms with Crippen molar-refractivity contribution in [3.63, 3.8) is 0 Å². The van der Waals surface area contributed by atoms with Crippen molar-refractivity contribution in [1.29, 1.82) is 0 Å². The van der Waals surface area contributed by atoms with Gasteiger partial charge in [-0.1, -0.05) is 29.8 Å². The number of hydrogen-bond donors (Lipinski definition) is 1. The molecule has 102 valence electrons. The second-order valence-corrected chi connectivity index (χ2v) is 5.91. The number of rotatable bonds is 2. The fourth-order valence-corrected chi connectivity index (χ4v) is 3.39. The summed E-state index contributed by atoms with van der Waals surface area (Å²) in [5, 5.41) is 4.21. The molecular formula is C15H19ClN2O. The van der Waals surface area contributed by atoms with Gasteiger partial charge >= 0.3 is 0 Å². The van der Waals surface area contributed by atoms with Crippen LogP contribution in [0.1, 0.15) is 18.4 Å². The Bertz CT molecular complexity index is 477. The molecule has 2 heterocycles. The van der Waals surface area contributed by atoms with Crippen LogP contribution < -0.4 is 5.32 Å². The molecule has 2 atom stereocenters. The van der Waals surface area contributed by atoms with Gasteiger partial charge in [0.05, 0.1) is 6.42 Å². The fourth-order valence-electron chi connectivity index (χ4n) is 3.19. The van der Waals surface area contributed by atoms with Gasteiger partial charge in [0.2, 0.25) is 5.91 Å². The molecule has 2 unspecified atom stereocenters. The number of carbonyl (C=O) groups excluding carboxylic acids is 1. The summed E-state index contributed by atoms with van der Waals surface area (Å²) in [7, 11) is 0. The largest absolute Gasteiger partial charge is 0.342 e. The van der Waals surface area contributed by atoms with E-state index in [1.165, 1.54) is 6.42 Å². The van der Waals surface area contributed by atoms with Crippen molar-refractivity contribution in [1.82, 2.24) is 10.2 Å². The summed E-state index contributed by atoms with van der Waals surface area (Å²) in [5.41, 5.74) is 0.931. The fraction of sp³-hybridized carbons (Fsp3) is 0.533. The first kappa shape index (κ1) is 12.9. The zero-order valence-electron chi connectivity index (χ0n) is 10.9. The Hall–Kier alpha value is -1.06. The summed E-state index contributed by atoms with van der Waals surface area (Å²) in [6.07, 6.45) is 2.70. The van der Waals surface area contributed by atoms with E-state index in [-0.39, 0.29) is 5.91 Å². The Morgan fingerprint density at radius 2 is 2.21 bits per heavy atom. The maximum Gasteiger partial charge on any atom is 0.227 e. The van der Waals surface area contributed by atoms with Gasteiger partial charge in [0.1, 0.15) is 0 Å². The second-order valence-electron chi connectivity index (χ2n) is 5.51. The molecular weight excluding hydrogens is 260 g/mol. The van der Waals surface area contributed by atoms with Crippen LogP contribution in [0.5, 0.6) is 0 Å². The van der Waals surface area contributed by atoms with Crippen LogP contribution in [0.2, 0.25) is 5.02 Å². The Morgan fingerprint density at radius 1 is 1.37 bits per heavy atom. The summed E-state index contributed by atoms with van der Waals surface area (Å²) in [6.45, 7) is 2.88. The molecule has 3 rings (SSSR count). The highest BCUT2D eigenvalue weighted by Crippen LogP contribution is 2.25. The van der Waals surface area contributed by atoms with E-state index in [0.717, 1.165) is 31.6 Å². The van der Waals surface area contributed by atoms with Gasteiger partial charge in [-0.15, -0.1) is 0 Å². The van der Waals surface area contributed by atoms with Crippen LogP contribution in [-0.4, -0.2) is 36.5 Å². The number of benzene rings is 1. The average Bonchev–Trinajstić information content (AvgIpc) is 2.88. The van der Waals surface area contributed by atoms with Gasteiger partial charge in [0.25, 0.3) is 0 Å². The number of nitrogens with zero attached hydrogens (tertiary/aromatic N) is 1.